The van der Waals surface area contributed by atoms with Crippen molar-refractivity contribution in [1.82, 2.24) is 10.2 Å². The normalized spacial score (nSPS) is 17.2. The van der Waals surface area contributed by atoms with Crippen LogP contribution in [0.5, 0.6) is 0 Å². The zero-order chi connectivity index (χ0) is 26.9. The van der Waals surface area contributed by atoms with Crippen molar-refractivity contribution in [2.45, 2.75) is 57.0 Å². The van der Waals surface area contributed by atoms with E-state index in [1.54, 1.807) is 17.2 Å². The van der Waals surface area contributed by atoms with Gasteiger partial charge in [-0.25, -0.2) is 9.59 Å². The molecule has 3 rings (SSSR count). The van der Waals surface area contributed by atoms with Gasteiger partial charge in [0.15, 0.2) is 18.4 Å². The molecule has 12 heteroatoms. The summed E-state index contributed by atoms with van der Waals surface area (Å²) >= 11 is 0. The van der Waals surface area contributed by atoms with E-state index in [2.05, 4.69) is 5.32 Å². The van der Waals surface area contributed by atoms with Crippen LogP contribution in [0.25, 0.3) is 0 Å². The van der Waals surface area contributed by atoms with Gasteiger partial charge in [0.05, 0.1) is 19.3 Å². The summed E-state index contributed by atoms with van der Waals surface area (Å²) in [4.78, 5) is 51.1. The third kappa shape index (κ3) is 7.65. The second kappa shape index (κ2) is 14.3. The number of nitrogens with one attached hydrogen (secondary N) is 1. The first-order chi connectivity index (χ1) is 17.7. The highest BCUT2D eigenvalue weighted by molar-refractivity contribution is 5.96. The lowest BCUT2D eigenvalue weighted by Gasteiger charge is -2.38. The van der Waals surface area contributed by atoms with Crippen LogP contribution in [0.4, 0.5) is 4.79 Å². The molecular weight excluding hydrogens is 518 g/mol. The number of esters is 1. The number of carboxylic acid groups (broad SMARTS) is 1. The number of aliphatic hydroxyl groups is 1. The molecule has 0 bridgehead atoms. The molecule has 38 heavy (non-hydrogen) atoms. The fourth-order valence-corrected chi connectivity index (χ4v) is 4.40. The first kappa shape index (κ1) is 30.5. The Kier molecular flexibility index (Phi) is 11.5. The van der Waals surface area contributed by atoms with E-state index < -0.39 is 48.0 Å². The van der Waals surface area contributed by atoms with Crippen LogP contribution in [-0.2, 0) is 25.8 Å². The van der Waals surface area contributed by atoms with Crippen LogP contribution in [0.2, 0.25) is 0 Å². The van der Waals surface area contributed by atoms with Crippen LogP contribution >= 0.6 is 0 Å². The van der Waals surface area contributed by atoms with Crippen molar-refractivity contribution in [3.63, 3.8) is 0 Å². The molecule has 2 heterocycles. The zero-order valence-electron chi connectivity index (χ0n) is 21.2. The number of aromatic nitrogens is 1. The summed E-state index contributed by atoms with van der Waals surface area (Å²) in [5, 5.41) is 21.0. The number of aliphatic hydroxyl groups excluding tert-OH is 1. The number of hydrogen-bond donors (Lipinski definition) is 3. The lowest BCUT2D eigenvalue weighted by molar-refractivity contribution is -0.727. The average Bonchev–Trinajstić information content (AvgIpc) is 2.91. The predicted octanol–water partition coefficient (Wildman–Crippen LogP) is -1.55. The first-order valence-corrected chi connectivity index (χ1v) is 12.0. The maximum Gasteiger partial charge on any atom is 0.414 e. The van der Waals surface area contributed by atoms with Gasteiger partial charge in [-0.05, 0) is 37.8 Å². The summed E-state index contributed by atoms with van der Waals surface area (Å²) in [7, 11) is 1.32. The van der Waals surface area contributed by atoms with Gasteiger partial charge in [0.25, 0.3) is 12.6 Å². The highest BCUT2D eigenvalue weighted by Gasteiger charge is 2.39. The number of methoxy groups -OCH3 is 1. The Balaban J connectivity index is 0.00000507. The number of likely N-dealkylation sites (tertiary alicyclic amines) is 1. The third-order valence-electron chi connectivity index (χ3n) is 6.27. The molecule has 2 amide bonds. The molecule has 1 fully saturated rings. The molecule has 1 saturated heterocycles. The molecule has 0 unspecified atom stereocenters. The number of halogens is 1. The quantitative estimate of drug-likeness (QED) is 0.252. The van der Waals surface area contributed by atoms with E-state index in [9.17, 15) is 29.4 Å². The monoisotopic (exact) mass is 549 g/mol. The number of rotatable bonds is 9. The van der Waals surface area contributed by atoms with E-state index in [0.29, 0.717) is 13.0 Å². The summed E-state index contributed by atoms with van der Waals surface area (Å²) < 4.78 is 12.0. The molecule has 0 spiro atoms. The molecule has 0 saturated carbocycles. The minimum atomic E-state index is -1.47. The SMILES string of the molecule is COC(=O)[C@H](c1ccccc1)[C@H]1CCCCN1C(=O)OC[n+]1cccc(C(=O)N[C@H](C(=O)O)[C@@H](C)O)c1.[Cl-]. The molecule has 2 aromatic rings. The van der Waals surface area contributed by atoms with E-state index in [4.69, 9.17) is 9.47 Å². The Morgan fingerprint density at radius 2 is 1.84 bits per heavy atom. The van der Waals surface area contributed by atoms with Gasteiger partial charge in [-0.15, -0.1) is 0 Å². The number of hydrogen-bond acceptors (Lipinski definition) is 7. The summed E-state index contributed by atoms with van der Waals surface area (Å²) in [6.07, 6.45) is 3.33. The number of pyridine rings is 1. The van der Waals surface area contributed by atoms with E-state index in [1.165, 1.54) is 30.9 Å². The molecule has 1 aliphatic rings. The minimum Gasteiger partial charge on any atom is -1.00 e. The van der Waals surface area contributed by atoms with Gasteiger partial charge in [0.2, 0.25) is 0 Å². The van der Waals surface area contributed by atoms with Gasteiger partial charge in [-0.3, -0.25) is 9.59 Å². The average molecular weight is 550 g/mol. The largest absolute Gasteiger partial charge is 1.00 e. The number of nitrogens with zero attached hydrogens (tertiary/aromatic N) is 2. The second-order valence-corrected chi connectivity index (χ2v) is 8.84. The van der Waals surface area contributed by atoms with Crippen molar-refractivity contribution in [1.29, 1.82) is 0 Å². The third-order valence-corrected chi connectivity index (χ3v) is 6.27. The number of benzene rings is 1. The van der Waals surface area contributed by atoms with Gasteiger partial charge in [0, 0.05) is 12.6 Å². The molecule has 1 aromatic heterocycles. The molecule has 0 radical (unpaired) electrons. The van der Waals surface area contributed by atoms with Crippen LogP contribution in [0.1, 0.15) is 48.0 Å². The molecule has 1 aliphatic heterocycles. The molecule has 206 valence electrons. The van der Waals surface area contributed by atoms with Crippen LogP contribution in [0.3, 0.4) is 0 Å². The summed E-state index contributed by atoms with van der Waals surface area (Å²) in [5.74, 6) is -3.15. The highest BCUT2D eigenvalue weighted by atomic mass is 35.5. The van der Waals surface area contributed by atoms with Crippen LogP contribution in [0.15, 0.2) is 54.9 Å². The van der Waals surface area contributed by atoms with Crippen molar-refractivity contribution < 1.29 is 55.8 Å². The highest BCUT2D eigenvalue weighted by Crippen LogP contribution is 2.32. The van der Waals surface area contributed by atoms with E-state index in [-0.39, 0.29) is 24.7 Å². The van der Waals surface area contributed by atoms with Crippen LogP contribution in [0, 0.1) is 0 Å². The molecule has 3 N–H and O–H groups in total. The van der Waals surface area contributed by atoms with Crippen LogP contribution < -0.4 is 22.3 Å². The Morgan fingerprint density at radius 1 is 1.13 bits per heavy atom. The van der Waals surface area contributed by atoms with Crippen molar-refractivity contribution >= 4 is 23.9 Å². The van der Waals surface area contributed by atoms with Crippen molar-refractivity contribution in [2.75, 3.05) is 13.7 Å². The topological polar surface area (TPSA) is 146 Å². The summed E-state index contributed by atoms with van der Waals surface area (Å²) in [5.41, 5.74) is 0.875. The molecular formula is C26H32ClN3O8. The minimum absolute atomic E-state index is 0. The number of ether oxygens (including phenoxy) is 2. The smallest absolute Gasteiger partial charge is 0.414 e. The van der Waals surface area contributed by atoms with E-state index in [0.717, 1.165) is 18.4 Å². The molecule has 4 atom stereocenters. The molecule has 1 aromatic carbocycles. The van der Waals surface area contributed by atoms with Gasteiger partial charge in [-0.2, -0.15) is 4.57 Å². The number of carbonyl (C=O) groups excluding carboxylic acids is 3. The van der Waals surface area contributed by atoms with Crippen molar-refractivity contribution in [2.24, 2.45) is 0 Å². The van der Waals surface area contributed by atoms with Gasteiger partial charge in [-0.1, -0.05) is 30.3 Å². The number of aliphatic carboxylic acids is 1. The predicted molar refractivity (Wildman–Crippen MR) is 129 cm³/mol. The van der Waals surface area contributed by atoms with Gasteiger partial charge in [0.1, 0.15) is 11.5 Å². The maximum absolute atomic E-state index is 13.1. The maximum atomic E-state index is 13.1. The van der Waals surface area contributed by atoms with Crippen molar-refractivity contribution in [3.8, 4) is 0 Å². The Labute approximate surface area is 226 Å². The van der Waals surface area contributed by atoms with E-state index >= 15 is 0 Å². The van der Waals surface area contributed by atoms with E-state index in [1.807, 2.05) is 30.3 Å². The lowest BCUT2D eigenvalue weighted by Crippen LogP contribution is -3.00. The Morgan fingerprint density at radius 3 is 2.47 bits per heavy atom. The summed E-state index contributed by atoms with van der Waals surface area (Å²) in [6.45, 7) is 1.48. The summed E-state index contributed by atoms with van der Waals surface area (Å²) in [6, 6.07) is 10.3. The number of carbonyl (C=O) groups is 4. The van der Waals surface area contributed by atoms with Crippen LogP contribution in [-0.4, -0.2) is 70.9 Å². The zero-order valence-corrected chi connectivity index (χ0v) is 21.9. The lowest BCUT2D eigenvalue weighted by atomic mass is 9.85. The second-order valence-electron chi connectivity index (χ2n) is 8.84. The van der Waals surface area contributed by atoms with Gasteiger partial charge < -0.3 is 42.3 Å². The number of piperidine rings is 1. The standard InChI is InChI=1S/C26H31N3O8.ClH/c1-17(30)22(24(32)33)27-23(31)19-11-8-13-28(15-19)16-37-26(35)29-14-7-6-12-20(29)21(25(34)36-2)18-9-4-3-5-10-18;/h3-5,8-11,13,15,17,20-22,30H,6-7,12,14,16H2,1-2H3,(H-,27,31,32,33);1H/t17-,20-,21-,22+;/m1./s1. The number of carboxylic acids is 1. The fraction of sp³-hybridized carbons (Fsp3) is 0.423. The van der Waals surface area contributed by atoms with Crippen molar-refractivity contribution in [3.05, 3.63) is 66.0 Å². The van der Waals surface area contributed by atoms with Gasteiger partial charge >= 0.3 is 18.0 Å². The molecule has 0 aliphatic carbocycles. The molecule has 11 nitrogen and oxygen atoms in total. The first-order valence-electron chi connectivity index (χ1n) is 12.0. The Bertz CT molecular complexity index is 1110. The number of amides is 2. The fourth-order valence-electron chi connectivity index (χ4n) is 4.40. The Hall–Kier alpha value is -3.70.